The van der Waals surface area contributed by atoms with Gasteiger partial charge in [-0.05, 0) is 47.4 Å². The Kier molecular flexibility index (Phi) is 5.07. The summed E-state index contributed by atoms with van der Waals surface area (Å²) in [6, 6.07) is 11.5. The van der Waals surface area contributed by atoms with E-state index < -0.39 is 16.1 Å². The number of likely N-dealkylation sites (N-methyl/N-ethyl adjacent to an activating group) is 1. The van der Waals surface area contributed by atoms with Crippen molar-refractivity contribution in [3.8, 4) is 11.1 Å². The van der Waals surface area contributed by atoms with E-state index in [-0.39, 0.29) is 29.4 Å². The van der Waals surface area contributed by atoms with Crippen molar-refractivity contribution < 1.29 is 17.9 Å². The number of hydrogen-bond donors (Lipinski definition) is 1. The number of aliphatic hydroxyl groups excluding tert-OH is 1. The Balaban J connectivity index is 1.65. The summed E-state index contributed by atoms with van der Waals surface area (Å²) >= 11 is 0. The van der Waals surface area contributed by atoms with Crippen molar-refractivity contribution in [3.05, 3.63) is 66.4 Å². The van der Waals surface area contributed by atoms with Gasteiger partial charge >= 0.3 is 0 Å². The zero-order valence-electron chi connectivity index (χ0n) is 17.9. The van der Waals surface area contributed by atoms with Crippen molar-refractivity contribution in [1.29, 1.82) is 0 Å². The number of nitrogens with zero attached hydrogens (tertiary/aromatic N) is 4. The Hall–Kier alpha value is -2.75. The zero-order valence-corrected chi connectivity index (χ0v) is 18.7. The molecule has 0 unspecified atom stereocenters. The normalized spacial score (nSPS) is 23.2. The summed E-state index contributed by atoms with van der Waals surface area (Å²) in [5, 5.41) is 10.2. The molecule has 3 atom stereocenters. The molecule has 2 aliphatic heterocycles. The van der Waals surface area contributed by atoms with Crippen LogP contribution in [0.2, 0.25) is 0 Å². The second-order valence-electron chi connectivity index (χ2n) is 8.54. The first kappa shape index (κ1) is 21.1. The molecular weight excluding hydrogens is 431 g/mol. The molecule has 0 radical (unpaired) electrons. The van der Waals surface area contributed by atoms with Gasteiger partial charge in [-0.3, -0.25) is 0 Å². The molecule has 1 aromatic heterocycles. The van der Waals surface area contributed by atoms with Gasteiger partial charge in [-0.2, -0.15) is 4.31 Å². The Bertz CT molecular complexity index is 1280. The number of halogens is 1. The van der Waals surface area contributed by atoms with Crippen LogP contribution < -0.4 is 4.90 Å². The van der Waals surface area contributed by atoms with Crippen LogP contribution in [0.5, 0.6) is 0 Å². The molecule has 2 aromatic carbocycles. The molecule has 2 aliphatic rings. The molecule has 3 heterocycles. The lowest BCUT2D eigenvalue weighted by Gasteiger charge is -2.44. The van der Waals surface area contributed by atoms with E-state index in [0.717, 1.165) is 22.4 Å². The van der Waals surface area contributed by atoms with Crippen molar-refractivity contribution in [3.63, 3.8) is 0 Å². The summed E-state index contributed by atoms with van der Waals surface area (Å²) in [5.74, 6) is -0.394. The van der Waals surface area contributed by atoms with Crippen molar-refractivity contribution >= 4 is 15.7 Å². The van der Waals surface area contributed by atoms with Gasteiger partial charge in [-0.15, -0.1) is 0 Å². The third-order valence-corrected chi connectivity index (χ3v) is 8.48. The first-order valence-electron chi connectivity index (χ1n) is 10.5. The van der Waals surface area contributed by atoms with E-state index in [1.54, 1.807) is 17.7 Å². The molecule has 9 heteroatoms. The Morgan fingerprint density at radius 1 is 1.16 bits per heavy atom. The van der Waals surface area contributed by atoms with Crippen LogP contribution in [0.1, 0.15) is 18.0 Å². The molecule has 5 rings (SSSR count). The van der Waals surface area contributed by atoms with Gasteiger partial charge in [-0.1, -0.05) is 18.2 Å². The smallest absolute Gasteiger partial charge is 0.262 e. The van der Waals surface area contributed by atoms with Gasteiger partial charge in [0.05, 0.1) is 25.0 Å². The molecule has 0 bridgehead atoms. The maximum absolute atomic E-state index is 13.8. The highest BCUT2D eigenvalue weighted by Crippen LogP contribution is 2.50. The number of fused-ring (bicyclic) bond motifs is 3. The second kappa shape index (κ2) is 7.68. The van der Waals surface area contributed by atoms with Crippen LogP contribution in [-0.4, -0.2) is 53.6 Å². The average Bonchev–Trinajstić information content (AvgIpc) is 3.41. The lowest BCUT2D eigenvalue weighted by Crippen LogP contribution is -2.48. The van der Waals surface area contributed by atoms with Crippen LogP contribution in [0.4, 0.5) is 10.1 Å². The summed E-state index contributed by atoms with van der Waals surface area (Å²) in [6.45, 7) is 0.280. The zero-order chi connectivity index (χ0) is 22.6. The van der Waals surface area contributed by atoms with Gasteiger partial charge in [0.15, 0.2) is 5.03 Å². The molecule has 1 saturated heterocycles. The van der Waals surface area contributed by atoms with Crippen molar-refractivity contribution in [2.45, 2.75) is 23.5 Å². The van der Waals surface area contributed by atoms with Crippen LogP contribution in [-0.2, 0) is 17.1 Å². The highest BCUT2D eigenvalue weighted by Gasteiger charge is 2.50. The molecule has 0 amide bonds. The number of imidazole rings is 1. The molecule has 7 nitrogen and oxygen atoms in total. The van der Waals surface area contributed by atoms with Crippen LogP contribution in [0.15, 0.2) is 60.0 Å². The number of benzene rings is 2. The highest BCUT2D eigenvalue weighted by molar-refractivity contribution is 7.89. The largest absolute Gasteiger partial charge is 0.394 e. The van der Waals surface area contributed by atoms with Gasteiger partial charge in [0.25, 0.3) is 10.0 Å². The highest BCUT2D eigenvalue weighted by atomic mass is 32.2. The third-order valence-electron chi connectivity index (χ3n) is 6.72. The van der Waals surface area contributed by atoms with Gasteiger partial charge in [0.2, 0.25) is 0 Å². The maximum atomic E-state index is 13.8. The number of hydrogen-bond acceptors (Lipinski definition) is 5. The number of rotatable bonds is 4. The van der Waals surface area contributed by atoms with Gasteiger partial charge < -0.3 is 14.6 Å². The average molecular weight is 457 g/mol. The fraction of sp³-hybridized carbons (Fsp3) is 0.348. The molecule has 0 spiro atoms. The number of aryl methyl sites for hydroxylation is 1. The Labute approximate surface area is 186 Å². The van der Waals surface area contributed by atoms with E-state index in [0.29, 0.717) is 13.0 Å². The molecule has 0 aliphatic carbocycles. The number of anilines is 1. The first-order chi connectivity index (χ1) is 15.3. The lowest BCUT2D eigenvalue weighted by molar-refractivity contribution is 0.193. The summed E-state index contributed by atoms with van der Waals surface area (Å²) < 4.78 is 44.0. The summed E-state index contributed by atoms with van der Waals surface area (Å²) in [6.07, 6.45) is 3.61. The van der Waals surface area contributed by atoms with E-state index in [4.69, 9.17) is 0 Å². The molecule has 1 fully saturated rings. The monoisotopic (exact) mass is 456 g/mol. The van der Waals surface area contributed by atoms with Crippen molar-refractivity contribution in [1.82, 2.24) is 13.9 Å². The van der Waals surface area contributed by atoms with E-state index >= 15 is 0 Å². The van der Waals surface area contributed by atoms with Crippen molar-refractivity contribution in [2.24, 2.45) is 13.0 Å². The molecular formula is C23H25FN4O3S. The second-order valence-corrected chi connectivity index (χ2v) is 10.4. The summed E-state index contributed by atoms with van der Waals surface area (Å²) in [7, 11) is -0.166. The lowest BCUT2D eigenvalue weighted by atomic mass is 9.81. The van der Waals surface area contributed by atoms with E-state index in [1.165, 1.54) is 29.0 Å². The summed E-state index contributed by atoms with van der Waals surface area (Å²) in [4.78, 5) is 6.12. The van der Waals surface area contributed by atoms with Gasteiger partial charge in [-0.25, -0.2) is 17.8 Å². The third kappa shape index (κ3) is 3.23. The fourth-order valence-electron chi connectivity index (χ4n) is 5.17. The maximum Gasteiger partial charge on any atom is 0.262 e. The predicted octanol–water partition coefficient (Wildman–Crippen LogP) is 2.79. The molecule has 32 heavy (non-hydrogen) atoms. The number of sulfonamides is 1. The number of aliphatic hydroxyl groups is 1. The molecule has 3 aromatic rings. The van der Waals surface area contributed by atoms with Crippen LogP contribution in [0.25, 0.3) is 11.1 Å². The van der Waals surface area contributed by atoms with E-state index in [2.05, 4.69) is 4.98 Å². The fourth-order valence-corrected chi connectivity index (χ4v) is 6.81. The first-order valence-corrected chi connectivity index (χ1v) is 12.0. The predicted molar refractivity (Wildman–Crippen MR) is 119 cm³/mol. The summed E-state index contributed by atoms with van der Waals surface area (Å²) in [5.41, 5.74) is 3.28. The Morgan fingerprint density at radius 3 is 2.62 bits per heavy atom. The quantitative estimate of drug-likeness (QED) is 0.653. The molecule has 1 N–H and O–H groups in total. The Morgan fingerprint density at radius 2 is 1.94 bits per heavy atom. The van der Waals surface area contributed by atoms with Crippen LogP contribution in [0, 0.1) is 11.7 Å². The van der Waals surface area contributed by atoms with E-state index in [1.807, 2.05) is 36.2 Å². The molecule has 0 saturated carbocycles. The van der Waals surface area contributed by atoms with Crippen LogP contribution >= 0.6 is 0 Å². The topological polar surface area (TPSA) is 78.7 Å². The minimum absolute atomic E-state index is 0.0166. The minimum atomic E-state index is -3.82. The van der Waals surface area contributed by atoms with Gasteiger partial charge in [0, 0.05) is 38.4 Å². The van der Waals surface area contributed by atoms with E-state index in [9.17, 15) is 17.9 Å². The standard InChI is InChI=1S/C23H25FN4O3S/c1-26-12-22(25-14-26)32(30,31)28-9-8-18-21(13-29)27(2)20-7-6-16(11-19(20)23(18)28)15-4-3-5-17(24)10-15/h3-7,10-12,14,18,21,23,29H,8-9,13H2,1-2H3/t18-,21-,23-/m1/s1. The number of aromatic nitrogens is 2. The minimum Gasteiger partial charge on any atom is -0.394 e. The van der Waals surface area contributed by atoms with Crippen LogP contribution in [0.3, 0.4) is 0 Å². The van der Waals surface area contributed by atoms with Gasteiger partial charge in [0.1, 0.15) is 5.82 Å². The van der Waals surface area contributed by atoms with Crippen molar-refractivity contribution in [2.75, 3.05) is 25.1 Å². The SMILES string of the molecule is CN1c2ccc(-c3cccc(F)c3)cc2[C@H]2[C@H](CCN2S(=O)(=O)c2cn(C)cn2)[C@H]1CO. The molecule has 168 valence electrons.